The Labute approximate surface area is 204 Å². The Bertz CT molecular complexity index is 769. The first kappa shape index (κ1) is 28.1. The molecule has 1 aromatic carbocycles. The molecule has 0 unspecified atom stereocenters. The molecule has 0 aromatic heterocycles. The number of alkyl carbamates (subject to hydrolysis) is 1. The first-order valence-corrected chi connectivity index (χ1v) is 18.1. The molecule has 1 aromatic rings. The van der Waals surface area contributed by atoms with Crippen LogP contribution in [0.2, 0.25) is 36.3 Å². The smallest absolute Gasteiger partial charge is 0.407 e. The molecule has 1 aliphatic carbocycles. The molecule has 0 saturated heterocycles. The molecule has 1 saturated carbocycles. The third-order valence-corrected chi connectivity index (χ3v) is 16.9. The molecule has 1 amide bonds. The van der Waals surface area contributed by atoms with E-state index in [-0.39, 0.29) is 40.8 Å². The lowest BCUT2D eigenvalue weighted by Crippen LogP contribution is -2.46. The largest absolute Gasteiger partial charge is 0.445 e. The van der Waals surface area contributed by atoms with Crippen molar-refractivity contribution in [1.82, 2.24) is 5.32 Å². The molecule has 0 aliphatic heterocycles. The van der Waals surface area contributed by atoms with Gasteiger partial charge in [-0.2, -0.15) is 0 Å². The summed E-state index contributed by atoms with van der Waals surface area (Å²) in [4.78, 5) is 12.5. The van der Waals surface area contributed by atoms with Crippen molar-refractivity contribution < 1.29 is 18.4 Å². The van der Waals surface area contributed by atoms with E-state index in [1.807, 2.05) is 30.3 Å². The molecule has 0 bridgehead atoms. The highest BCUT2D eigenvalue weighted by Crippen LogP contribution is 2.42. The first-order valence-electron chi connectivity index (χ1n) is 12.3. The number of hydrogen-bond acceptors (Lipinski definition) is 4. The summed E-state index contributed by atoms with van der Waals surface area (Å²) in [6, 6.07) is 9.81. The van der Waals surface area contributed by atoms with Gasteiger partial charge in [0.1, 0.15) is 6.61 Å². The molecule has 1 N–H and O–H groups in total. The highest BCUT2D eigenvalue weighted by Gasteiger charge is 2.45. The predicted octanol–water partition coefficient (Wildman–Crippen LogP) is 7.10. The minimum atomic E-state index is -1.94. The van der Waals surface area contributed by atoms with Crippen LogP contribution in [0.5, 0.6) is 0 Å². The van der Waals surface area contributed by atoms with E-state index in [9.17, 15) is 4.79 Å². The van der Waals surface area contributed by atoms with Gasteiger partial charge >= 0.3 is 6.09 Å². The fourth-order valence-corrected chi connectivity index (χ4v) is 6.01. The molecule has 0 spiro atoms. The standard InChI is InChI=1S/C26H47NO4Si2/c1-25(2,3)32(7,8)30-19-21-16-22(17-23(21)31-33(9,10)26(4,5)6)27-24(28)29-18-20-14-12-11-13-15-20/h11-15,21-23H,16-19H2,1-10H3,(H,27,28)/t21-,22+,23-/m0/s1. The molecule has 3 atom stereocenters. The molecular formula is C26H47NO4Si2. The summed E-state index contributed by atoms with van der Waals surface area (Å²) in [5.74, 6) is 0.271. The maximum atomic E-state index is 12.5. The van der Waals surface area contributed by atoms with Gasteiger partial charge in [0, 0.05) is 18.6 Å². The Kier molecular flexibility index (Phi) is 9.04. The van der Waals surface area contributed by atoms with Crippen LogP contribution in [-0.2, 0) is 20.2 Å². The van der Waals surface area contributed by atoms with Gasteiger partial charge in [-0.1, -0.05) is 71.9 Å². The van der Waals surface area contributed by atoms with Gasteiger partial charge in [-0.05, 0) is 54.7 Å². The van der Waals surface area contributed by atoms with Crippen LogP contribution < -0.4 is 5.32 Å². The van der Waals surface area contributed by atoms with E-state index >= 15 is 0 Å². The van der Waals surface area contributed by atoms with Crippen LogP contribution in [0.15, 0.2) is 30.3 Å². The highest BCUT2D eigenvalue weighted by molar-refractivity contribution is 6.74. The molecule has 5 nitrogen and oxygen atoms in total. The van der Waals surface area contributed by atoms with Crippen LogP contribution in [0, 0.1) is 5.92 Å². The Balaban J connectivity index is 2.04. The molecule has 0 heterocycles. The van der Waals surface area contributed by atoms with Crippen molar-refractivity contribution in [2.24, 2.45) is 5.92 Å². The van der Waals surface area contributed by atoms with Crippen molar-refractivity contribution in [1.29, 1.82) is 0 Å². The second-order valence-electron chi connectivity index (χ2n) is 12.6. The zero-order chi connectivity index (χ0) is 25.1. The number of carbonyl (C=O) groups is 1. The number of hydrogen-bond donors (Lipinski definition) is 1. The van der Waals surface area contributed by atoms with Crippen molar-refractivity contribution in [2.75, 3.05) is 6.61 Å². The van der Waals surface area contributed by atoms with Crippen molar-refractivity contribution in [2.45, 2.75) is 109 Å². The summed E-state index contributed by atoms with van der Waals surface area (Å²) in [6.07, 6.45) is 1.39. The van der Waals surface area contributed by atoms with Crippen LogP contribution >= 0.6 is 0 Å². The van der Waals surface area contributed by atoms with E-state index in [1.54, 1.807) is 0 Å². The molecule has 1 fully saturated rings. The second kappa shape index (κ2) is 10.6. The molecule has 33 heavy (non-hydrogen) atoms. The first-order chi connectivity index (χ1) is 15.0. The number of nitrogens with one attached hydrogen (secondary N) is 1. The van der Waals surface area contributed by atoms with E-state index in [4.69, 9.17) is 13.6 Å². The topological polar surface area (TPSA) is 56.8 Å². The zero-order valence-corrected chi connectivity index (χ0v) is 24.6. The van der Waals surface area contributed by atoms with Crippen LogP contribution in [0.25, 0.3) is 0 Å². The lowest BCUT2D eigenvalue weighted by molar-refractivity contribution is 0.101. The Morgan fingerprint density at radius 1 is 0.939 bits per heavy atom. The predicted molar refractivity (Wildman–Crippen MR) is 141 cm³/mol. The maximum Gasteiger partial charge on any atom is 0.407 e. The van der Waals surface area contributed by atoms with Crippen LogP contribution in [0.4, 0.5) is 4.79 Å². The van der Waals surface area contributed by atoms with Gasteiger partial charge in [0.05, 0.1) is 6.10 Å². The fraction of sp³-hybridized carbons (Fsp3) is 0.731. The summed E-state index contributed by atoms with van der Waals surface area (Å²) in [6.45, 7) is 23.8. The molecule has 2 rings (SSSR count). The third kappa shape index (κ3) is 7.94. The van der Waals surface area contributed by atoms with Crippen molar-refractivity contribution in [3.8, 4) is 0 Å². The molecule has 188 valence electrons. The summed E-state index contributed by atoms with van der Waals surface area (Å²) in [5.41, 5.74) is 0.985. The highest BCUT2D eigenvalue weighted by atomic mass is 28.4. The Morgan fingerprint density at radius 2 is 1.52 bits per heavy atom. The SMILES string of the molecule is CC(C)(C)[Si](C)(C)OC[C@@H]1C[C@@H](NC(=O)OCc2ccccc2)C[C@@H]1O[Si](C)(C)C(C)(C)C. The average Bonchev–Trinajstić information content (AvgIpc) is 3.04. The number of rotatable bonds is 8. The molecular weight excluding hydrogens is 446 g/mol. The quantitative estimate of drug-likeness (QED) is 0.392. The van der Waals surface area contributed by atoms with Gasteiger partial charge in [-0.3, -0.25) is 0 Å². The summed E-state index contributed by atoms with van der Waals surface area (Å²) in [7, 11) is -3.80. The normalized spacial score (nSPS) is 22.3. The van der Waals surface area contributed by atoms with Crippen molar-refractivity contribution in [3.63, 3.8) is 0 Å². The van der Waals surface area contributed by atoms with Gasteiger partial charge in [0.25, 0.3) is 0 Å². The summed E-state index contributed by atoms with van der Waals surface area (Å²) < 4.78 is 18.9. The van der Waals surface area contributed by atoms with E-state index in [1.165, 1.54) is 0 Å². The van der Waals surface area contributed by atoms with Crippen LogP contribution in [-0.4, -0.2) is 41.5 Å². The van der Waals surface area contributed by atoms with Crippen LogP contribution in [0.3, 0.4) is 0 Å². The Hall–Kier alpha value is -1.16. The molecule has 0 radical (unpaired) electrons. The minimum absolute atomic E-state index is 0.0380. The van der Waals surface area contributed by atoms with Crippen molar-refractivity contribution in [3.05, 3.63) is 35.9 Å². The Morgan fingerprint density at radius 3 is 2.06 bits per heavy atom. The van der Waals surface area contributed by atoms with E-state index in [0.717, 1.165) is 18.4 Å². The molecule has 1 aliphatic rings. The van der Waals surface area contributed by atoms with E-state index in [0.29, 0.717) is 6.61 Å². The number of benzene rings is 1. The number of ether oxygens (including phenoxy) is 1. The molecule has 7 heteroatoms. The van der Waals surface area contributed by atoms with Gasteiger partial charge in [-0.25, -0.2) is 4.79 Å². The lowest BCUT2D eigenvalue weighted by atomic mass is 10.1. The fourth-order valence-electron chi connectivity index (χ4n) is 3.54. The monoisotopic (exact) mass is 493 g/mol. The minimum Gasteiger partial charge on any atom is -0.445 e. The summed E-state index contributed by atoms with van der Waals surface area (Å²) >= 11 is 0. The number of carbonyl (C=O) groups excluding carboxylic acids is 1. The van der Waals surface area contributed by atoms with E-state index < -0.39 is 16.6 Å². The van der Waals surface area contributed by atoms with Gasteiger partial charge in [-0.15, -0.1) is 0 Å². The zero-order valence-electron chi connectivity index (χ0n) is 22.6. The van der Waals surface area contributed by atoms with Gasteiger partial charge in [0.2, 0.25) is 0 Å². The van der Waals surface area contributed by atoms with Gasteiger partial charge < -0.3 is 18.9 Å². The second-order valence-corrected chi connectivity index (χ2v) is 22.2. The lowest BCUT2D eigenvalue weighted by Gasteiger charge is -2.41. The van der Waals surface area contributed by atoms with Crippen LogP contribution in [0.1, 0.15) is 59.9 Å². The third-order valence-electron chi connectivity index (χ3n) is 7.88. The van der Waals surface area contributed by atoms with E-state index in [2.05, 4.69) is 73.0 Å². The van der Waals surface area contributed by atoms with Crippen molar-refractivity contribution >= 4 is 22.7 Å². The summed E-state index contributed by atoms with van der Waals surface area (Å²) in [5, 5.41) is 3.39. The number of amides is 1. The van der Waals surface area contributed by atoms with Gasteiger partial charge in [0.15, 0.2) is 16.6 Å². The maximum absolute atomic E-state index is 12.5. The average molecular weight is 494 g/mol.